The zero-order chi connectivity index (χ0) is 24.9. The van der Waals surface area contributed by atoms with E-state index in [1.807, 2.05) is 6.92 Å². The predicted molar refractivity (Wildman–Crippen MR) is 123 cm³/mol. The van der Waals surface area contributed by atoms with Crippen LogP contribution >= 0.6 is 0 Å². The topological polar surface area (TPSA) is 148 Å². The molecule has 5 atom stereocenters. The number of ether oxygens (including phenoxy) is 4. The minimum absolute atomic E-state index is 0.126. The number of benzene rings is 2. The molecule has 186 valence electrons. The number of rotatable bonds is 5. The number of fused-ring (bicyclic) bond motifs is 2. The van der Waals surface area contributed by atoms with Gasteiger partial charge in [-0.15, -0.1) is 0 Å². The fourth-order valence-electron chi connectivity index (χ4n) is 4.44. The van der Waals surface area contributed by atoms with Crippen LogP contribution in [-0.2, 0) is 11.2 Å². The third-order valence-electron chi connectivity index (χ3n) is 6.38. The largest absolute Gasteiger partial charge is 0.462 e. The van der Waals surface area contributed by atoms with Crippen molar-refractivity contribution < 1.29 is 43.8 Å². The fraction of sp³-hybridized carbons (Fsp3) is 0.400. The smallest absolute Gasteiger partial charge is 0.231 e. The molecule has 1 saturated heterocycles. The molecule has 1 aromatic heterocycles. The number of aliphatic hydroxyl groups excluding tert-OH is 4. The zero-order valence-corrected chi connectivity index (χ0v) is 19.1. The molecule has 0 amide bonds. The Morgan fingerprint density at radius 2 is 1.80 bits per heavy atom. The highest BCUT2D eigenvalue weighted by atomic mass is 16.7. The lowest BCUT2D eigenvalue weighted by atomic mass is 9.99. The van der Waals surface area contributed by atoms with Crippen molar-refractivity contribution in [1.29, 1.82) is 0 Å². The summed E-state index contributed by atoms with van der Waals surface area (Å²) in [5.74, 6) is 1.84. The molecule has 2 aliphatic rings. The molecule has 2 aliphatic heterocycles. The second-order valence-corrected chi connectivity index (χ2v) is 8.56. The summed E-state index contributed by atoms with van der Waals surface area (Å²) < 4.78 is 28.1. The lowest BCUT2D eigenvalue weighted by Gasteiger charge is -2.39. The Bertz CT molecular complexity index is 1310. The van der Waals surface area contributed by atoms with Crippen molar-refractivity contribution in [1.82, 2.24) is 0 Å². The summed E-state index contributed by atoms with van der Waals surface area (Å²) in [4.78, 5) is 13.5. The summed E-state index contributed by atoms with van der Waals surface area (Å²) in [6.45, 7) is 3.11. The molecule has 4 N–H and O–H groups in total. The SMILES string of the molecule is CCc1cc2c(=O)c(-c3ccc4c(c3)OCO4)c(C)oc2cc1O[C@@H]1O[C@@H](CO)[C@@H](O)[C@@H](O)[C@H]1O. The van der Waals surface area contributed by atoms with Crippen LogP contribution in [0.15, 0.2) is 39.5 Å². The number of aryl methyl sites for hydroxylation is 2. The van der Waals surface area contributed by atoms with E-state index in [9.17, 15) is 25.2 Å². The molecule has 0 spiro atoms. The van der Waals surface area contributed by atoms with Gasteiger partial charge in [0, 0.05) is 6.07 Å². The normalized spacial score (nSPS) is 25.7. The van der Waals surface area contributed by atoms with E-state index in [1.165, 1.54) is 6.07 Å². The van der Waals surface area contributed by atoms with E-state index in [-0.39, 0.29) is 23.6 Å². The van der Waals surface area contributed by atoms with Gasteiger partial charge in [-0.1, -0.05) is 13.0 Å². The molecule has 1 fully saturated rings. The first-order valence-electron chi connectivity index (χ1n) is 11.3. The van der Waals surface area contributed by atoms with E-state index >= 15 is 0 Å². The van der Waals surface area contributed by atoms with Gasteiger partial charge in [-0.2, -0.15) is 0 Å². The Morgan fingerprint density at radius 3 is 2.54 bits per heavy atom. The fourth-order valence-corrected chi connectivity index (χ4v) is 4.44. The summed E-state index contributed by atoms with van der Waals surface area (Å²) in [5.41, 5.74) is 1.73. The molecular weight excluding hydrogens is 460 g/mol. The van der Waals surface area contributed by atoms with Gasteiger partial charge in [0.05, 0.1) is 17.6 Å². The van der Waals surface area contributed by atoms with E-state index < -0.39 is 37.3 Å². The van der Waals surface area contributed by atoms with Crippen molar-refractivity contribution in [3.05, 3.63) is 51.9 Å². The van der Waals surface area contributed by atoms with Gasteiger partial charge in [-0.05, 0) is 42.7 Å². The number of hydrogen-bond acceptors (Lipinski definition) is 10. The van der Waals surface area contributed by atoms with Crippen LogP contribution in [0.25, 0.3) is 22.1 Å². The second kappa shape index (κ2) is 9.14. The molecule has 5 rings (SSSR count). The van der Waals surface area contributed by atoms with Crippen LogP contribution in [0, 0.1) is 6.92 Å². The highest BCUT2D eigenvalue weighted by molar-refractivity contribution is 5.85. The Kier molecular flexibility index (Phi) is 6.16. The van der Waals surface area contributed by atoms with Crippen molar-refractivity contribution in [2.75, 3.05) is 13.4 Å². The molecule has 35 heavy (non-hydrogen) atoms. The quantitative estimate of drug-likeness (QED) is 0.415. The van der Waals surface area contributed by atoms with Crippen molar-refractivity contribution in [3.63, 3.8) is 0 Å². The van der Waals surface area contributed by atoms with Crippen LogP contribution in [0.1, 0.15) is 18.2 Å². The molecule has 3 aromatic rings. The average Bonchev–Trinajstić information content (AvgIpc) is 3.32. The predicted octanol–water partition coefficient (Wildman–Crippen LogP) is 1.24. The third kappa shape index (κ3) is 4.03. The molecule has 0 saturated carbocycles. The van der Waals surface area contributed by atoms with E-state index in [4.69, 9.17) is 23.4 Å². The Balaban J connectivity index is 1.54. The molecule has 0 bridgehead atoms. The van der Waals surface area contributed by atoms with Crippen LogP contribution in [0.5, 0.6) is 17.2 Å². The van der Waals surface area contributed by atoms with Crippen LogP contribution in [0.2, 0.25) is 0 Å². The van der Waals surface area contributed by atoms with Crippen molar-refractivity contribution in [2.45, 2.75) is 51.0 Å². The average molecular weight is 486 g/mol. The maximum absolute atomic E-state index is 13.5. The van der Waals surface area contributed by atoms with Crippen LogP contribution in [0.3, 0.4) is 0 Å². The van der Waals surface area contributed by atoms with Gasteiger partial charge in [-0.3, -0.25) is 4.79 Å². The lowest BCUT2D eigenvalue weighted by Crippen LogP contribution is -2.60. The summed E-state index contributed by atoms with van der Waals surface area (Å²) in [6.07, 6.45) is -6.60. The Labute approximate surface area is 199 Å². The Morgan fingerprint density at radius 1 is 1.03 bits per heavy atom. The van der Waals surface area contributed by atoms with Gasteiger partial charge >= 0.3 is 0 Å². The summed E-state index contributed by atoms with van der Waals surface area (Å²) >= 11 is 0. The first-order chi connectivity index (χ1) is 16.8. The van der Waals surface area contributed by atoms with Crippen LogP contribution in [-0.4, -0.2) is 64.5 Å². The molecular formula is C25H26O10. The van der Waals surface area contributed by atoms with Crippen LogP contribution < -0.4 is 19.6 Å². The summed E-state index contributed by atoms with van der Waals surface area (Å²) in [5, 5.41) is 40.2. The van der Waals surface area contributed by atoms with Gasteiger partial charge in [0.15, 0.2) is 11.5 Å². The first kappa shape index (κ1) is 23.6. The monoisotopic (exact) mass is 486 g/mol. The van der Waals surface area contributed by atoms with E-state index in [0.29, 0.717) is 45.8 Å². The highest BCUT2D eigenvalue weighted by Gasteiger charge is 2.45. The van der Waals surface area contributed by atoms with E-state index in [0.717, 1.165) is 0 Å². The molecule has 10 heteroatoms. The van der Waals surface area contributed by atoms with E-state index in [1.54, 1.807) is 31.2 Å². The third-order valence-corrected chi connectivity index (χ3v) is 6.38. The molecule has 0 radical (unpaired) electrons. The second-order valence-electron chi connectivity index (χ2n) is 8.56. The van der Waals surface area contributed by atoms with Crippen molar-refractivity contribution >= 4 is 11.0 Å². The Hall–Kier alpha value is -3.15. The summed E-state index contributed by atoms with van der Waals surface area (Å²) in [6, 6.07) is 8.46. The first-order valence-corrected chi connectivity index (χ1v) is 11.3. The minimum atomic E-state index is -1.57. The van der Waals surface area contributed by atoms with Gasteiger partial charge in [-0.25, -0.2) is 0 Å². The van der Waals surface area contributed by atoms with Gasteiger partial charge in [0.1, 0.15) is 41.5 Å². The minimum Gasteiger partial charge on any atom is -0.462 e. The maximum atomic E-state index is 13.5. The molecule has 3 heterocycles. The lowest BCUT2D eigenvalue weighted by molar-refractivity contribution is -0.277. The van der Waals surface area contributed by atoms with Gasteiger partial charge < -0.3 is 43.8 Å². The molecule has 0 aliphatic carbocycles. The molecule has 0 unspecified atom stereocenters. The highest BCUT2D eigenvalue weighted by Crippen LogP contribution is 2.37. The van der Waals surface area contributed by atoms with Gasteiger partial charge in [0.25, 0.3) is 0 Å². The van der Waals surface area contributed by atoms with Gasteiger partial charge in [0.2, 0.25) is 18.5 Å². The maximum Gasteiger partial charge on any atom is 0.231 e. The van der Waals surface area contributed by atoms with Crippen LogP contribution in [0.4, 0.5) is 0 Å². The zero-order valence-electron chi connectivity index (χ0n) is 19.1. The number of hydrogen-bond donors (Lipinski definition) is 4. The standard InChI is InChI=1S/C25H26O10/c1-3-12-6-14-17(8-16(12)34-25-24(30)23(29)22(28)19(9-26)35-25)33-11(2)20(21(14)27)13-4-5-15-18(7-13)32-10-31-15/h4-8,19,22-26,28-30H,3,9-10H2,1-2H3/t19-,22+,23+,24+,25+/m0/s1. The van der Waals surface area contributed by atoms with E-state index in [2.05, 4.69) is 0 Å². The van der Waals surface area contributed by atoms with Crippen molar-refractivity contribution in [2.24, 2.45) is 0 Å². The number of aliphatic hydroxyl groups is 4. The summed E-state index contributed by atoms with van der Waals surface area (Å²) in [7, 11) is 0. The van der Waals surface area contributed by atoms with Crippen molar-refractivity contribution in [3.8, 4) is 28.4 Å². The molecule has 2 aromatic carbocycles. The molecule has 10 nitrogen and oxygen atoms in total.